The van der Waals surface area contributed by atoms with Crippen molar-refractivity contribution in [3.63, 3.8) is 0 Å². The van der Waals surface area contributed by atoms with Crippen LogP contribution in [0.15, 0.2) is 54.6 Å². The van der Waals surface area contributed by atoms with Gasteiger partial charge in [-0.15, -0.1) is 13.2 Å². The molecule has 0 aliphatic carbocycles. The molecule has 0 saturated carbocycles. The number of para-hydroxylation sites is 2. The van der Waals surface area contributed by atoms with Gasteiger partial charge in [0.05, 0.1) is 17.6 Å². The predicted molar refractivity (Wildman–Crippen MR) is 98.5 cm³/mol. The SMILES string of the molecule is O=C(Cn1c(NCc2ccccc2)nc2ccccc21)NCCOC(F)(F)F. The minimum Gasteiger partial charge on any atom is -0.352 e. The molecule has 9 heteroatoms. The van der Waals surface area contributed by atoms with Crippen LogP contribution in [0.2, 0.25) is 0 Å². The summed E-state index contributed by atoms with van der Waals surface area (Å²) in [5.41, 5.74) is 2.51. The summed E-state index contributed by atoms with van der Waals surface area (Å²) in [6.45, 7) is -0.439. The zero-order chi connectivity index (χ0) is 20.0. The molecule has 0 spiro atoms. The molecule has 1 amide bonds. The Hall–Kier alpha value is -3.07. The van der Waals surface area contributed by atoms with E-state index in [2.05, 4.69) is 20.4 Å². The van der Waals surface area contributed by atoms with E-state index in [0.29, 0.717) is 18.0 Å². The van der Waals surface area contributed by atoms with Crippen molar-refractivity contribution in [1.29, 1.82) is 0 Å². The molecule has 28 heavy (non-hydrogen) atoms. The first-order valence-electron chi connectivity index (χ1n) is 8.63. The lowest BCUT2D eigenvalue weighted by Crippen LogP contribution is -2.32. The van der Waals surface area contributed by atoms with Crippen molar-refractivity contribution in [2.24, 2.45) is 0 Å². The van der Waals surface area contributed by atoms with E-state index in [1.165, 1.54) is 0 Å². The number of aromatic nitrogens is 2. The number of alkyl halides is 3. The smallest absolute Gasteiger partial charge is 0.352 e. The Morgan fingerprint density at radius 2 is 1.79 bits per heavy atom. The summed E-state index contributed by atoms with van der Waals surface area (Å²) in [5, 5.41) is 5.63. The Bertz CT molecular complexity index is 926. The molecule has 0 aliphatic rings. The summed E-state index contributed by atoms with van der Waals surface area (Å²) < 4.78 is 41.3. The van der Waals surface area contributed by atoms with E-state index in [9.17, 15) is 18.0 Å². The number of anilines is 1. The maximum atomic E-state index is 12.2. The standard InChI is InChI=1S/C19H19F3N4O2/c20-19(21,22)28-11-10-23-17(27)13-26-16-9-5-4-8-15(16)25-18(26)24-12-14-6-2-1-3-7-14/h1-9H,10-13H2,(H,23,27)(H,24,25). The van der Waals surface area contributed by atoms with Crippen LogP contribution >= 0.6 is 0 Å². The van der Waals surface area contributed by atoms with Crippen molar-refractivity contribution < 1.29 is 22.7 Å². The summed E-state index contributed by atoms with van der Waals surface area (Å²) in [5.74, 6) is 0.0726. The van der Waals surface area contributed by atoms with Crippen LogP contribution in [0.5, 0.6) is 0 Å². The summed E-state index contributed by atoms with van der Waals surface area (Å²) >= 11 is 0. The lowest BCUT2D eigenvalue weighted by Gasteiger charge is -2.12. The number of nitrogens with one attached hydrogen (secondary N) is 2. The highest BCUT2D eigenvalue weighted by molar-refractivity contribution is 5.83. The maximum Gasteiger partial charge on any atom is 0.522 e. The van der Waals surface area contributed by atoms with Crippen molar-refractivity contribution >= 4 is 22.9 Å². The minimum atomic E-state index is -4.71. The molecule has 2 aromatic carbocycles. The monoisotopic (exact) mass is 392 g/mol. The van der Waals surface area contributed by atoms with Gasteiger partial charge in [0, 0.05) is 13.1 Å². The molecule has 1 heterocycles. The second kappa shape index (κ2) is 8.75. The Balaban J connectivity index is 1.67. The van der Waals surface area contributed by atoms with Crippen LogP contribution in [-0.2, 0) is 22.6 Å². The zero-order valence-corrected chi connectivity index (χ0v) is 14.9. The Morgan fingerprint density at radius 1 is 1.07 bits per heavy atom. The van der Waals surface area contributed by atoms with Gasteiger partial charge in [0.25, 0.3) is 0 Å². The van der Waals surface area contributed by atoms with E-state index < -0.39 is 18.9 Å². The molecule has 0 unspecified atom stereocenters. The summed E-state index contributed by atoms with van der Waals surface area (Å²) in [4.78, 5) is 16.7. The molecular weight excluding hydrogens is 373 g/mol. The number of benzene rings is 2. The molecule has 6 nitrogen and oxygen atoms in total. The summed E-state index contributed by atoms with van der Waals surface area (Å²) in [7, 11) is 0. The van der Waals surface area contributed by atoms with Gasteiger partial charge in [-0.1, -0.05) is 42.5 Å². The number of hydrogen-bond acceptors (Lipinski definition) is 4. The fourth-order valence-electron chi connectivity index (χ4n) is 2.70. The quantitative estimate of drug-likeness (QED) is 0.578. The van der Waals surface area contributed by atoms with Crippen molar-refractivity contribution in [2.75, 3.05) is 18.5 Å². The molecule has 0 saturated heterocycles. The Kier molecular flexibility index (Phi) is 6.15. The average molecular weight is 392 g/mol. The number of nitrogens with zero attached hydrogens (tertiary/aromatic N) is 2. The molecule has 148 valence electrons. The number of hydrogen-bond donors (Lipinski definition) is 2. The largest absolute Gasteiger partial charge is 0.522 e. The predicted octanol–water partition coefficient (Wildman–Crippen LogP) is 3.30. The number of fused-ring (bicyclic) bond motifs is 1. The number of imidazole rings is 1. The van der Waals surface area contributed by atoms with E-state index >= 15 is 0 Å². The molecule has 1 aromatic heterocycles. The van der Waals surface area contributed by atoms with E-state index in [-0.39, 0.29) is 13.1 Å². The molecule has 0 radical (unpaired) electrons. The first-order chi connectivity index (χ1) is 13.4. The van der Waals surface area contributed by atoms with E-state index in [0.717, 1.165) is 11.1 Å². The van der Waals surface area contributed by atoms with Crippen LogP contribution in [0.1, 0.15) is 5.56 Å². The second-order valence-electron chi connectivity index (χ2n) is 5.99. The van der Waals surface area contributed by atoms with Crippen LogP contribution in [0.25, 0.3) is 11.0 Å². The first-order valence-corrected chi connectivity index (χ1v) is 8.63. The van der Waals surface area contributed by atoms with Gasteiger partial charge >= 0.3 is 6.36 Å². The average Bonchev–Trinajstić information content (AvgIpc) is 3.01. The highest BCUT2D eigenvalue weighted by atomic mass is 19.4. The molecule has 0 atom stereocenters. The van der Waals surface area contributed by atoms with Crippen molar-refractivity contribution in [2.45, 2.75) is 19.5 Å². The molecular formula is C19H19F3N4O2. The lowest BCUT2D eigenvalue weighted by molar-refractivity contribution is -0.323. The van der Waals surface area contributed by atoms with Gasteiger partial charge < -0.3 is 15.2 Å². The lowest BCUT2D eigenvalue weighted by atomic mass is 10.2. The summed E-state index contributed by atoms with van der Waals surface area (Å²) in [6, 6.07) is 17.0. The van der Waals surface area contributed by atoms with Gasteiger partial charge in [0.1, 0.15) is 6.54 Å². The van der Waals surface area contributed by atoms with E-state index in [1.807, 2.05) is 54.6 Å². The fourth-order valence-corrected chi connectivity index (χ4v) is 2.70. The van der Waals surface area contributed by atoms with Crippen LogP contribution in [0.4, 0.5) is 19.1 Å². The van der Waals surface area contributed by atoms with E-state index in [4.69, 9.17) is 0 Å². The van der Waals surface area contributed by atoms with Crippen LogP contribution < -0.4 is 10.6 Å². The molecule has 0 fully saturated rings. The van der Waals surface area contributed by atoms with Crippen molar-refractivity contribution in [3.8, 4) is 0 Å². The second-order valence-corrected chi connectivity index (χ2v) is 5.99. The third-order valence-corrected chi connectivity index (χ3v) is 3.94. The zero-order valence-electron chi connectivity index (χ0n) is 14.9. The van der Waals surface area contributed by atoms with Crippen molar-refractivity contribution in [1.82, 2.24) is 14.9 Å². The van der Waals surface area contributed by atoms with Crippen LogP contribution in [-0.4, -0.2) is 35.0 Å². The first kappa shape index (κ1) is 19.7. The van der Waals surface area contributed by atoms with E-state index in [1.54, 1.807) is 4.57 Å². The number of amides is 1. The molecule has 3 aromatic rings. The molecule has 0 aliphatic heterocycles. The van der Waals surface area contributed by atoms with Crippen LogP contribution in [0.3, 0.4) is 0 Å². The number of rotatable bonds is 8. The van der Waals surface area contributed by atoms with Gasteiger partial charge in [0.2, 0.25) is 11.9 Å². The highest BCUT2D eigenvalue weighted by Gasteiger charge is 2.28. The van der Waals surface area contributed by atoms with Gasteiger partial charge in [0.15, 0.2) is 0 Å². The molecule has 0 bridgehead atoms. The Labute approximate surface area is 159 Å². The molecule has 2 N–H and O–H groups in total. The van der Waals surface area contributed by atoms with Gasteiger partial charge in [-0.05, 0) is 17.7 Å². The normalized spacial score (nSPS) is 11.5. The van der Waals surface area contributed by atoms with Crippen LogP contribution in [0, 0.1) is 0 Å². The van der Waals surface area contributed by atoms with Gasteiger partial charge in [-0.25, -0.2) is 4.98 Å². The number of carbonyl (C=O) groups excluding carboxylic acids is 1. The maximum absolute atomic E-state index is 12.2. The van der Waals surface area contributed by atoms with Gasteiger partial charge in [-0.2, -0.15) is 0 Å². The number of halogens is 3. The minimum absolute atomic E-state index is 0.0797. The third kappa shape index (κ3) is 5.46. The Morgan fingerprint density at radius 3 is 2.54 bits per heavy atom. The summed E-state index contributed by atoms with van der Waals surface area (Å²) in [6.07, 6.45) is -4.71. The highest BCUT2D eigenvalue weighted by Crippen LogP contribution is 2.20. The fraction of sp³-hybridized carbons (Fsp3) is 0.263. The number of carbonyl (C=O) groups is 1. The number of ether oxygens (including phenoxy) is 1. The third-order valence-electron chi connectivity index (χ3n) is 3.94. The topological polar surface area (TPSA) is 68.2 Å². The molecule has 3 rings (SSSR count). The van der Waals surface area contributed by atoms with Gasteiger partial charge in [-0.3, -0.25) is 9.53 Å². The van der Waals surface area contributed by atoms with Crippen molar-refractivity contribution in [3.05, 3.63) is 60.2 Å².